The molecule has 0 spiro atoms. The average Bonchev–Trinajstić information content (AvgIpc) is 3.15. The summed E-state index contributed by atoms with van der Waals surface area (Å²) in [5.41, 5.74) is 4.46. The molecule has 1 aromatic carbocycles. The monoisotopic (exact) mass is 353 g/mol. The van der Waals surface area contributed by atoms with Gasteiger partial charge in [0.05, 0.1) is 24.7 Å². The van der Waals surface area contributed by atoms with E-state index in [1.165, 1.54) is 5.56 Å². The summed E-state index contributed by atoms with van der Waals surface area (Å²) in [5, 5.41) is 8.06. The van der Waals surface area contributed by atoms with E-state index >= 15 is 0 Å². The Morgan fingerprint density at radius 1 is 1.12 bits per heavy atom. The van der Waals surface area contributed by atoms with Crippen LogP contribution < -0.4 is 10.1 Å². The molecule has 0 aliphatic carbocycles. The van der Waals surface area contributed by atoms with Crippen LogP contribution in [0.15, 0.2) is 36.7 Å². The van der Waals surface area contributed by atoms with Gasteiger partial charge in [-0.2, -0.15) is 5.10 Å². The second-order valence-electron chi connectivity index (χ2n) is 7.53. The molecule has 1 N–H and O–H groups in total. The van der Waals surface area contributed by atoms with E-state index in [9.17, 15) is 0 Å². The molecular formula is C20H27N5O. The van der Waals surface area contributed by atoms with Gasteiger partial charge in [0, 0.05) is 43.4 Å². The van der Waals surface area contributed by atoms with E-state index in [2.05, 4.69) is 46.9 Å². The quantitative estimate of drug-likeness (QED) is 0.759. The van der Waals surface area contributed by atoms with Crippen molar-refractivity contribution in [3.05, 3.63) is 47.9 Å². The molecule has 0 atom stereocenters. The minimum absolute atomic E-state index is 0.00810. The molecule has 0 radical (unpaired) electrons. The van der Waals surface area contributed by atoms with E-state index in [-0.39, 0.29) is 5.41 Å². The van der Waals surface area contributed by atoms with E-state index in [4.69, 9.17) is 4.74 Å². The van der Waals surface area contributed by atoms with Crippen molar-refractivity contribution in [1.82, 2.24) is 19.3 Å². The van der Waals surface area contributed by atoms with Gasteiger partial charge in [-0.15, -0.1) is 0 Å². The van der Waals surface area contributed by atoms with Crippen LogP contribution in [0, 0.1) is 0 Å². The first-order chi connectivity index (χ1) is 12.3. The van der Waals surface area contributed by atoms with Gasteiger partial charge in [0.1, 0.15) is 5.75 Å². The van der Waals surface area contributed by atoms with Crippen molar-refractivity contribution in [3.63, 3.8) is 0 Å². The maximum absolute atomic E-state index is 5.23. The number of anilines is 1. The highest BCUT2D eigenvalue weighted by Crippen LogP contribution is 2.26. The van der Waals surface area contributed by atoms with E-state index in [1.807, 2.05) is 49.2 Å². The van der Waals surface area contributed by atoms with Crippen LogP contribution >= 0.6 is 0 Å². The van der Waals surface area contributed by atoms with Crippen LogP contribution in [0.2, 0.25) is 0 Å². The lowest BCUT2D eigenvalue weighted by Gasteiger charge is -2.17. The van der Waals surface area contributed by atoms with Crippen LogP contribution in [0.1, 0.15) is 32.0 Å². The van der Waals surface area contributed by atoms with Gasteiger partial charge in [0.2, 0.25) is 5.95 Å². The molecule has 138 valence electrons. The SMILES string of the molecule is COc1ccc(-c2cnc(NCc3cn(C)nc3C(C)(C)C)n2C)cc1. The molecule has 0 fully saturated rings. The van der Waals surface area contributed by atoms with Crippen molar-refractivity contribution in [1.29, 1.82) is 0 Å². The molecule has 0 aliphatic heterocycles. The molecule has 2 aromatic heterocycles. The van der Waals surface area contributed by atoms with Gasteiger partial charge in [0.15, 0.2) is 0 Å². The smallest absolute Gasteiger partial charge is 0.203 e. The second-order valence-corrected chi connectivity index (χ2v) is 7.53. The van der Waals surface area contributed by atoms with E-state index in [0.717, 1.165) is 28.6 Å². The topological polar surface area (TPSA) is 56.9 Å². The van der Waals surface area contributed by atoms with Gasteiger partial charge in [-0.25, -0.2) is 4.98 Å². The summed E-state index contributed by atoms with van der Waals surface area (Å²) in [6, 6.07) is 8.00. The number of nitrogens with one attached hydrogen (secondary N) is 1. The molecule has 2 heterocycles. The van der Waals surface area contributed by atoms with Gasteiger partial charge in [-0.05, 0) is 24.3 Å². The van der Waals surface area contributed by atoms with Crippen LogP contribution in [0.4, 0.5) is 5.95 Å². The third kappa shape index (κ3) is 3.59. The Hall–Kier alpha value is -2.76. The number of hydrogen-bond acceptors (Lipinski definition) is 4. The molecule has 0 bridgehead atoms. The zero-order valence-corrected chi connectivity index (χ0v) is 16.4. The molecule has 0 unspecified atom stereocenters. The third-order valence-electron chi connectivity index (χ3n) is 4.43. The fraction of sp³-hybridized carbons (Fsp3) is 0.400. The molecule has 6 heteroatoms. The maximum Gasteiger partial charge on any atom is 0.203 e. The zero-order valence-electron chi connectivity index (χ0n) is 16.4. The number of benzene rings is 1. The molecule has 3 rings (SSSR count). The second kappa shape index (κ2) is 6.86. The highest BCUT2D eigenvalue weighted by molar-refractivity contribution is 5.62. The molecule has 3 aromatic rings. The summed E-state index contributed by atoms with van der Waals surface area (Å²) in [6.07, 6.45) is 3.96. The van der Waals surface area contributed by atoms with Crippen molar-refractivity contribution >= 4 is 5.95 Å². The molecule has 26 heavy (non-hydrogen) atoms. The minimum atomic E-state index is 0.00810. The van der Waals surface area contributed by atoms with Gasteiger partial charge in [-0.1, -0.05) is 20.8 Å². The lowest BCUT2D eigenvalue weighted by Crippen LogP contribution is -2.16. The minimum Gasteiger partial charge on any atom is -0.497 e. The first-order valence-electron chi connectivity index (χ1n) is 8.72. The van der Waals surface area contributed by atoms with Gasteiger partial charge in [0.25, 0.3) is 0 Å². The number of imidazole rings is 1. The van der Waals surface area contributed by atoms with Crippen LogP contribution in [0.25, 0.3) is 11.3 Å². The molecule has 0 amide bonds. The summed E-state index contributed by atoms with van der Waals surface area (Å²) >= 11 is 0. The third-order valence-corrected chi connectivity index (χ3v) is 4.43. The predicted octanol–water partition coefficient (Wildman–Crippen LogP) is 3.74. The first kappa shape index (κ1) is 18.0. The predicted molar refractivity (Wildman–Crippen MR) is 104 cm³/mol. The Bertz CT molecular complexity index is 884. The van der Waals surface area contributed by atoms with Crippen molar-refractivity contribution in [2.75, 3.05) is 12.4 Å². The summed E-state index contributed by atoms with van der Waals surface area (Å²) in [4.78, 5) is 4.54. The standard InChI is InChI=1S/C20H27N5O/c1-20(2,3)18-15(13-24(4)23-18)11-21-19-22-12-17(25(19)5)14-7-9-16(26-6)10-8-14/h7-10,12-13H,11H2,1-6H3,(H,21,22). The fourth-order valence-corrected chi connectivity index (χ4v) is 3.08. The Kier molecular flexibility index (Phi) is 4.76. The summed E-state index contributed by atoms with van der Waals surface area (Å²) < 4.78 is 9.16. The first-order valence-corrected chi connectivity index (χ1v) is 8.72. The highest BCUT2D eigenvalue weighted by Gasteiger charge is 2.22. The number of aromatic nitrogens is 4. The van der Waals surface area contributed by atoms with Gasteiger partial charge in [-0.3, -0.25) is 4.68 Å². The Balaban J connectivity index is 1.79. The summed E-state index contributed by atoms with van der Waals surface area (Å²) in [7, 11) is 5.65. The Morgan fingerprint density at radius 3 is 2.42 bits per heavy atom. The van der Waals surface area contributed by atoms with Crippen LogP contribution in [-0.2, 0) is 26.1 Å². The average molecular weight is 353 g/mol. The number of rotatable bonds is 5. The maximum atomic E-state index is 5.23. The van der Waals surface area contributed by atoms with Crippen LogP contribution in [0.3, 0.4) is 0 Å². The van der Waals surface area contributed by atoms with Crippen molar-refractivity contribution < 1.29 is 4.74 Å². The number of nitrogens with zero attached hydrogens (tertiary/aromatic N) is 4. The van der Waals surface area contributed by atoms with E-state index in [0.29, 0.717) is 6.54 Å². The summed E-state index contributed by atoms with van der Waals surface area (Å²) in [5.74, 6) is 1.68. The normalized spacial score (nSPS) is 11.6. The van der Waals surface area contributed by atoms with Crippen molar-refractivity contribution in [3.8, 4) is 17.0 Å². The Labute approximate surface area is 154 Å². The number of hydrogen-bond donors (Lipinski definition) is 1. The van der Waals surface area contributed by atoms with Crippen molar-refractivity contribution in [2.45, 2.75) is 32.7 Å². The largest absolute Gasteiger partial charge is 0.497 e. The van der Waals surface area contributed by atoms with Crippen LogP contribution in [0.5, 0.6) is 5.75 Å². The lowest BCUT2D eigenvalue weighted by atomic mass is 9.89. The summed E-state index contributed by atoms with van der Waals surface area (Å²) in [6.45, 7) is 7.23. The number of ether oxygens (including phenoxy) is 1. The molecule has 0 saturated heterocycles. The van der Waals surface area contributed by atoms with Gasteiger partial charge >= 0.3 is 0 Å². The van der Waals surface area contributed by atoms with E-state index in [1.54, 1.807) is 7.11 Å². The zero-order chi connectivity index (χ0) is 18.9. The number of aryl methyl sites for hydroxylation is 1. The van der Waals surface area contributed by atoms with E-state index < -0.39 is 0 Å². The molecular weight excluding hydrogens is 326 g/mol. The van der Waals surface area contributed by atoms with Crippen molar-refractivity contribution in [2.24, 2.45) is 14.1 Å². The molecule has 6 nitrogen and oxygen atoms in total. The molecule has 0 aliphatic rings. The highest BCUT2D eigenvalue weighted by atomic mass is 16.5. The molecule has 0 saturated carbocycles. The Morgan fingerprint density at radius 2 is 1.81 bits per heavy atom. The fourth-order valence-electron chi connectivity index (χ4n) is 3.08. The lowest BCUT2D eigenvalue weighted by molar-refractivity contribution is 0.415. The van der Waals surface area contributed by atoms with Crippen LogP contribution in [-0.4, -0.2) is 26.4 Å². The number of methoxy groups -OCH3 is 1. The van der Waals surface area contributed by atoms with Gasteiger partial charge < -0.3 is 14.6 Å².